The van der Waals surface area contributed by atoms with Crippen molar-refractivity contribution < 1.29 is 31.1 Å². The lowest BCUT2D eigenvalue weighted by Gasteiger charge is -2.11. The van der Waals surface area contributed by atoms with Crippen LogP contribution in [0, 0.1) is 0 Å². The van der Waals surface area contributed by atoms with Crippen LogP contribution in [0.4, 0.5) is 18.9 Å². The number of alkyl halides is 3. The first kappa shape index (κ1) is 21.8. The molecule has 2 aromatic carbocycles. The summed E-state index contributed by atoms with van der Waals surface area (Å²) in [5.41, 5.74) is 0.732. The molecule has 0 aliphatic rings. The Morgan fingerprint density at radius 1 is 1.18 bits per heavy atom. The van der Waals surface area contributed by atoms with Gasteiger partial charge in [-0.3, -0.25) is 9.52 Å². The van der Waals surface area contributed by atoms with E-state index in [4.69, 9.17) is 11.6 Å². The molecule has 0 bridgehead atoms. The van der Waals surface area contributed by atoms with Crippen LogP contribution in [0.1, 0.15) is 15.9 Å². The van der Waals surface area contributed by atoms with E-state index in [1.807, 2.05) is 0 Å². The van der Waals surface area contributed by atoms with Crippen molar-refractivity contribution in [1.29, 1.82) is 0 Å². The summed E-state index contributed by atoms with van der Waals surface area (Å²) in [6, 6.07) is 9.93. The van der Waals surface area contributed by atoms with E-state index >= 15 is 0 Å². The molecule has 11 heteroatoms. The quantitative estimate of drug-likeness (QED) is 0.694. The van der Waals surface area contributed by atoms with Crippen molar-refractivity contribution in [2.24, 2.45) is 0 Å². The molecule has 1 amide bonds. The summed E-state index contributed by atoms with van der Waals surface area (Å²) in [4.78, 5) is 12.3. The predicted octanol–water partition coefficient (Wildman–Crippen LogP) is 3.58. The minimum atomic E-state index is -4.45. The molecule has 152 valence electrons. The third-order valence-electron chi connectivity index (χ3n) is 3.28. The molecule has 0 heterocycles. The number of carbonyl (C=O) groups excluding carboxylic acids is 1. The summed E-state index contributed by atoms with van der Waals surface area (Å²) < 4.78 is 66.2. The normalized spacial score (nSPS) is 11.8. The number of anilines is 1. The number of nitrogens with one attached hydrogen (secondary N) is 2. The maximum Gasteiger partial charge on any atom is 0.422 e. The van der Waals surface area contributed by atoms with Crippen molar-refractivity contribution in [3.8, 4) is 5.75 Å². The Morgan fingerprint density at radius 2 is 1.89 bits per heavy atom. The summed E-state index contributed by atoms with van der Waals surface area (Å²) in [6.45, 7) is -1.39. The van der Waals surface area contributed by atoms with Crippen LogP contribution < -0.4 is 14.8 Å². The lowest BCUT2D eigenvalue weighted by molar-refractivity contribution is -0.153. The minimum Gasteiger partial charge on any atom is -0.484 e. The number of ether oxygens (including phenoxy) is 1. The Labute approximate surface area is 164 Å². The van der Waals surface area contributed by atoms with Crippen molar-refractivity contribution in [3.63, 3.8) is 0 Å². The number of hydrogen-bond donors (Lipinski definition) is 2. The monoisotopic (exact) mass is 436 g/mol. The van der Waals surface area contributed by atoms with Crippen LogP contribution in [-0.4, -0.2) is 33.4 Å². The third kappa shape index (κ3) is 7.28. The van der Waals surface area contributed by atoms with E-state index in [0.29, 0.717) is 5.56 Å². The van der Waals surface area contributed by atoms with E-state index in [2.05, 4.69) is 14.8 Å². The summed E-state index contributed by atoms with van der Waals surface area (Å²) >= 11 is 5.91. The highest BCUT2D eigenvalue weighted by atomic mass is 35.5. The van der Waals surface area contributed by atoms with E-state index in [9.17, 15) is 26.4 Å². The number of sulfonamides is 1. The first-order chi connectivity index (χ1) is 12.9. The van der Waals surface area contributed by atoms with E-state index in [1.54, 1.807) is 6.07 Å². The Balaban J connectivity index is 2.03. The van der Waals surface area contributed by atoms with Crippen molar-refractivity contribution in [2.75, 3.05) is 17.6 Å². The minimum absolute atomic E-state index is 0.0233. The first-order valence-electron chi connectivity index (χ1n) is 7.77. The zero-order valence-electron chi connectivity index (χ0n) is 14.5. The Hall–Kier alpha value is -2.46. The van der Waals surface area contributed by atoms with Crippen LogP contribution in [0.2, 0.25) is 5.02 Å². The number of halogens is 4. The average molecular weight is 437 g/mol. The second-order valence-electron chi connectivity index (χ2n) is 5.80. The van der Waals surface area contributed by atoms with E-state index in [-0.39, 0.29) is 28.6 Å². The van der Waals surface area contributed by atoms with Crippen LogP contribution in [-0.2, 0) is 16.6 Å². The molecule has 28 heavy (non-hydrogen) atoms. The fraction of sp³-hybridized carbons (Fsp3) is 0.235. The lowest BCUT2D eigenvalue weighted by atomic mass is 10.1. The van der Waals surface area contributed by atoms with Crippen molar-refractivity contribution in [3.05, 3.63) is 58.6 Å². The van der Waals surface area contributed by atoms with Gasteiger partial charge < -0.3 is 10.1 Å². The smallest absolute Gasteiger partial charge is 0.422 e. The van der Waals surface area contributed by atoms with Gasteiger partial charge >= 0.3 is 6.18 Å². The van der Waals surface area contributed by atoms with Crippen LogP contribution in [0.5, 0.6) is 5.75 Å². The molecule has 2 aromatic rings. The maximum atomic E-state index is 12.3. The van der Waals surface area contributed by atoms with Gasteiger partial charge in [-0.05, 0) is 35.9 Å². The predicted molar refractivity (Wildman–Crippen MR) is 99.1 cm³/mol. The standard InChI is InChI=1S/C17H16ClF3N2O4S/c1-28(25,26)23-15-8-12(5-6-14(15)18)16(24)22-9-11-3-2-4-13(7-11)27-10-17(19,20)21/h2-8,23H,9-10H2,1H3,(H,22,24). The van der Waals surface area contributed by atoms with Crippen LogP contribution >= 0.6 is 11.6 Å². The molecule has 2 N–H and O–H groups in total. The highest BCUT2D eigenvalue weighted by Crippen LogP contribution is 2.24. The van der Waals surface area contributed by atoms with Crippen molar-refractivity contribution >= 4 is 33.2 Å². The van der Waals surface area contributed by atoms with Gasteiger partial charge in [-0.15, -0.1) is 0 Å². The highest BCUT2D eigenvalue weighted by Gasteiger charge is 2.28. The summed E-state index contributed by atoms with van der Waals surface area (Å²) in [7, 11) is -3.58. The number of carbonyl (C=O) groups is 1. The summed E-state index contributed by atoms with van der Waals surface area (Å²) in [5.74, 6) is -0.495. The highest BCUT2D eigenvalue weighted by molar-refractivity contribution is 7.92. The van der Waals surface area contributed by atoms with Crippen LogP contribution in [0.3, 0.4) is 0 Å². The molecule has 0 unspecified atom stereocenters. The van der Waals surface area contributed by atoms with Crippen molar-refractivity contribution in [2.45, 2.75) is 12.7 Å². The lowest BCUT2D eigenvalue weighted by Crippen LogP contribution is -2.23. The van der Waals surface area contributed by atoms with Gasteiger partial charge in [0.05, 0.1) is 17.0 Å². The molecule has 6 nitrogen and oxygen atoms in total. The SMILES string of the molecule is CS(=O)(=O)Nc1cc(C(=O)NCc2cccc(OCC(F)(F)F)c2)ccc1Cl. The van der Waals surface area contributed by atoms with Gasteiger partial charge in [0.15, 0.2) is 6.61 Å². The zero-order valence-corrected chi connectivity index (χ0v) is 16.1. The number of hydrogen-bond acceptors (Lipinski definition) is 4. The van der Waals surface area contributed by atoms with Gasteiger partial charge in [0.2, 0.25) is 10.0 Å². The Kier molecular flexibility index (Phi) is 6.78. The second-order valence-corrected chi connectivity index (χ2v) is 7.96. The largest absolute Gasteiger partial charge is 0.484 e. The van der Waals surface area contributed by atoms with Gasteiger partial charge in [-0.25, -0.2) is 8.42 Å². The molecule has 2 rings (SSSR count). The molecular formula is C17H16ClF3N2O4S. The van der Waals surface area contributed by atoms with E-state index in [0.717, 1.165) is 6.26 Å². The first-order valence-corrected chi connectivity index (χ1v) is 10.0. The Morgan fingerprint density at radius 3 is 2.54 bits per heavy atom. The van der Waals surface area contributed by atoms with Gasteiger partial charge in [0.1, 0.15) is 5.75 Å². The fourth-order valence-corrected chi connectivity index (χ4v) is 2.93. The Bertz CT molecular complexity index is 965. The van der Waals surface area contributed by atoms with E-state index in [1.165, 1.54) is 36.4 Å². The maximum absolute atomic E-state index is 12.3. The zero-order chi connectivity index (χ0) is 20.9. The molecule has 0 radical (unpaired) electrons. The molecule has 0 atom stereocenters. The van der Waals surface area contributed by atoms with Crippen molar-refractivity contribution in [1.82, 2.24) is 5.32 Å². The average Bonchev–Trinajstić information content (AvgIpc) is 2.58. The molecule has 0 saturated carbocycles. The number of benzene rings is 2. The van der Waals surface area contributed by atoms with Gasteiger partial charge in [0.25, 0.3) is 5.91 Å². The van der Waals surface area contributed by atoms with Gasteiger partial charge in [-0.1, -0.05) is 23.7 Å². The topological polar surface area (TPSA) is 84.5 Å². The second kappa shape index (κ2) is 8.70. The van der Waals surface area contributed by atoms with Crippen LogP contribution in [0.25, 0.3) is 0 Å². The molecule has 0 saturated heterocycles. The molecular weight excluding hydrogens is 421 g/mol. The summed E-state index contributed by atoms with van der Waals surface area (Å²) in [6.07, 6.45) is -3.50. The molecule has 0 aliphatic heterocycles. The van der Waals surface area contributed by atoms with Crippen LogP contribution in [0.15, 0.2) is 42.5 Å². The van der Waals surface area contributed by atoms with E-state index < -0.39 is 28.7 Å². The fourth-order valence-electron chi connectivity index (χ4n) is 2.14. The molecule has 0 aromatic heterocycles. The molecule has 0 aliphatic carbocycles. The van der Waals surface area contributed by atoms with Gasteiger partial charge in [-0.2, -0.15) is 13.2 Å². The van der Waals surface area contributed by atoms with Gasteiger partial charge in [0, 0.05) is 12.1 Å². The molecule has 0 spiro atoms. The number of rotatable bonds is 7. The molecule has 0 fully saturated rings. The third-order valence-corrected chi connectivity index (χ3v) is 4.20. The summed E-state index contributed by atoms with van der Waals surface area (Å²) in [5, 5.41) is 2.71. The number of amides is 1.